The summed E-state index contributed by atoms with van der Waals surface area (Å²) in [5.41, 5.74) is 2.38. The van der Waals surface area contributed by atoms with Gasteiger partial charge in [0.25, 0.3) is 0 Å². The summed E-state index contributed by atoms with van der Waals surface area (Å²) in [4.78, 5) is 17.6. The van der Waals surface area contributed by atoms with Gasteiger partial charge in [0.1, 0.15) is 5.41 Å². The molecule has 0 saturated carbocycles. The van der Waals surface area contributed by atoms with E-state index < -0.39 is 23.1 Å². The number of aromatic nitrogens is 3. The lowest BCUT2D eigenvalue weighted by Gasteiger charge is -2.28. The summed E-state index contributed by atoms with van der Waals surface area (Å²) < 4.78 is 45.9. The van der Waals surface area contributed by atoms with Crippen LogP contribution in [0.2, 0.25) is 0 Å². The van der Waals surface area contributed by atoms with E-state index in [1.807, 2.05) is 38.1 Å². The first-order valence-corrected chi connectivity index (χ1v) is 10.9. The smallest absolute Gasteiger partial charge is 0.416 e. The van der Waals surface area contributed by atoms with Crippen molar-refractivity contribution in [3.63, 3.8) is 0 Å². The topological polar surface area (TPSA) is 56.5 Å². The molecule has 0 radical (unpaired) electrons. The van der Waals surface area contributed by atoms with E-state index in [0.717, 1.165) is 23.3 Å². The number of aryl methyl sites for hydroxylation is 1. The van der Waals surface area contributed by atoms with Crippen molar-refractivity contribution in [2.75, 3.05) is 6.61 Å². The summed E-state index contributed by atoms with van der Waals surface area (Å²) in [5.74, 6) is -0.393. The Morgan fingerprint density at radius 1 is 1.09 bits per heavy atom. The molecule has 0 spiro atoms. The molecule has 0 N–H and O–H groups in total. The number of ether oxygens (including phenoxy) is 1. The van der Waals surface area contributed by atoms with Crippen LogP contribution in [0.15, 0.2) is 67.0 Å². The zero-order valence-corrected chi connectivity index (χ0v) is 19.1. The fourth-order valence-electron chi connectivity index (χ4n) is 4.14. The summed E-state index contributed by atoms with van der Waals surface area (Å²) in [6.45, 7) is 5.78. The predicted octanol–water partition coefficient (Wildman–Crippen LogP) is 5.79. The minimum atomic E-state index is -4.41. The molecule has 2 heterocycles. The number of alkyl halides is 3. The molecule has 4 rings (SSSR count). The lowest BCUT2D eigenvalue weighted by molar-refractivity contribution is -0.149. The van der Waals surface area contributed by atoms with E-state index in [1.54, 1.807) is 29.9 Å². The maximum absolute atomic E-state index is 13.2. The van der Waals surface area contributed by atoms with Crippen molar-refractivity contribution in [3.05, 3.63) is 89.4 Å². The number of fused-ring (bicyclic) bond motifs is 1. The summed E-state index contributed by atoms with van der Waals surface area (Å²) in [5, 5.41) is 4.46. The maximum Gasteiger partial charge on any atom is 0.416 e. The van der Waals surface area contributed by atoms with Crippen LogP contribution in [0, 0.1) is 6.92 Å². The highest BCUT2D eigenvalue weighted by atomic mass is 19.4. The molecule has 1 atom stereocenters. The monoisotopic (exact) mass is 467 g/mol. The van der Waals surface area contributed by atoms with E-state index in [-0.39, 0.29) is 6.61 Å². The van der Waals surface area contributed by atoms with Crippen molar-refractivity contribution in [3.8, 4) is 11.1 Å². The van der Waals surface area contributed by atoms with E-state index >= 15 is 0 Å². The first-order valence-electron chi connectivity index (χ1n) is 10.9. The van der Waals surface area contributed by atoms with E-state index in [1.165, 1.54) is 12.1 Å². The Hall–Kier alpha value is -3.68. The highest BCUT2D eigenvalue weighted by Gasteiger charge is 2.40. The Morgan fingerprint density at radius 3 is 2.47 bits per heavy atom. The molecule has 0 aliphatic rings. The van der Waals surface area contributed by atoms with Crippen molar-refractivity contribution >= 4 is 11.6 Å². The van der Waals surface area contributed by atoms with Gasteiger partial charge in [-0.15, -0.1) is 0 Å². The van der Waals surface area contributed by atoms with Gasteiger partial charge in [-0.25, -0.2) is 9.50 Å². The molecular weight excluding hydrogens is 443 g/mol. The molecule has 0 fully saturated rings. The standard InChI is InChI=1S/C26H24F3N3O2/c1-4-34-24(33)25(3,15-18-7-5-6-17(2)14-18)22-12-13-30-23-21(16-31-32(22)23)19-8-10-20(11-9-19)26(27,28)29/h5-14,16H,4,15H2,1-3H3. The van der Waals surface area contributed by atoms with Crippen LogP contribution < -0.4 is 0 Å². The maximum atomic E-state index is 13.2. The Morgan fingerprint density at radius 2 is 1.82 bits per heavy atom. The zero-order chi connectivity index (χ0) is 24.5. The number of hydrogen-bond acceptors (Lipinski definition) is 4. The second kappa shape index (κ2) is 8.93. The Bertz CT molecular complexity index is 1330. The molecule has 2 aromatic heterocycles. The lowest BCUT2D eigenvalue weighted by Crippen LogP contribution is -2.38. The normalized spacial score (nSPS) is 13.6. The fourth-order valence-corrected chi connectivity index (χ4v) is 4.14. The Kier molecular flexibility index (Phi) is 6.17. The Labute approximate surface area is 195 Å². The highest BCUT2D eigenvalue weighted by Crippen LogP contribution is 2.34. The van der Waals surface area contributed by atoms with Crippen molar-refractivity contribution in [2.45, 2.75) is 38.8 Å². The van der Waals surface area contributed by atoms with Crippen molar-refractivity contribution in [1.82, 2.24) is 14.6 Å². The number of benzene rings is 2. The molecule has 1 unspecified atom stereocenters. The average molecular weight is 467 g/mol. The quantitative estimate of drug-likeness (QED) is 0.337. The van der Waals surface area contributed by atoms with Crippen LogP contribution >= 0.6 is 0 Å². The highest BCUT2D eigenvalue weighted by molar-refractivity contribution is 5.84. The second-order valence-corrected chi connectivity index (χ2v) is 8.42. The number of nitrogens with zero attached hydrogens (tertiary/aromatic N) is 3. The van der Waals surface area contributed by atoms with Crippen LogP contribution in [0.4, 0.5) is 13.2 Å². The van der Waals surface area contributed by atoms with Crippen LogP contribution in [-0.4, -0.2) is 27.2 Å². The molecule has 8 heteroatoms. The van der Waals surface area contributed by atoms with Crippen LogP contribution in [0.25, 0.3) is 16.8 Å². The molecule has 34 heavy (non-hydrogen) atoms. The molecule has 5 nitrogen and oxygen atoms in total. The molecule has 0 aliphatic heterocycles. The number of esters is 1. The van der Waals surface area contributed by atoms with Gasteiger partial charge < -0.3 is 4.74 Å². The fraction of sp³-hybridized carbons (Fsp3) is 0.269. The van der Waals surface area contributed by atoms with Crippen LogP contribution in [0.1, 0.15) is 36.2 Å². The van der Waals surface area contributed by atoms with Gasteiger partial charge in [-0.3, -0.25) is 4.79 Å². The third kappa shape index (κ3) is 4.40. The largest absolute Gasteiger partial charge is 0.465 e. The third-order valence-electron chi connectivity index (χ3n) is 5.86. The summed E-state index contributed by atoms with van der Waals surface area (Å²) in [7, 11) is 0. The second-order valence-electron chi connectivity index (χ2n) is 8.42. The molecule has 2 aromatic carbocycles. The van der Waals surface area contributed by atoms with E-state index in [2.05, 4.69) is 10.1 Å². The number of carbonyl (C=O) groups excluding carboxylic acids is 1. The van der Waals surface area contributed by atoms with E-state index in [9.17, 15) is 18.0 Å². The van der Waals surface area contributed by atoms with Gasteiger partial charge >= 0.3 is 12.1 Å². The average Bonchev–Trinajstić information content (AvgIpc) is 3.23. The lowest BCUT2D eigenvalue weighted by atomic mass is 9.80. The van der Waals surface area contributed by atoms with E-state index in [4.69, 9.17) is 4.74 Å². The summed E-state index contributed by atoms with van der Waals surface area (Å²) in [6.07, 6.45) is -0.912. The van der Waals surface area contributed by atoms with Gasteiger partial charge in [0.05, 0.1) is 24.1 Å². The number of hydrogen-bond donors (Lipinski definition) is 0. The minimum absolute atomic E-state index is 0.229. The summed E-state index contributed by atoms with van der Waals surface area (Å²) >= 11 is 0. The number of halogens is 3. The molecule has 176 valence electrons. The molecule has 0 amide bonds. The van der Waals surface area contributed by atoms with Crippen LogP contribution in [0.5, 0.6) is 0 Å². The van der Waals surface area contributed by atoms with Crippen molar-refractivity contribution in [2.24, 2.45) is 0 Å². The van der Waals surface area contributed by atoms with Gasteiger partial charge in [-0.2, -0.15) is 18.3 Å². The SMILES string of the molecule is CCOC(=O)C(C)(Cc1cccc(C)c1)c1ccnc2c(-c3ccc(C(F)(F)F)cc3)cnn12. The molecule has 0 bridgehead atoms. The molecular formula is C26H24F3N3O2. The summed E-state index contributed by atoms with van der Waals surface area (Å²) in [6, 6.07) is 14.5. The first kappa shape index (κ1) is 23.5. The Balaban J connectivity index is 1.82. The predicted molar refractivity (Wildman–Crippen MR) is 122 cm³/mol. The first-order chi connectivity index (χ1) is 16.1. The van der Waals surface area contributed by atoms with Crippen molar-refractivity contribution < 1.29 is 22.7 Å². The van der Waals surface area contributed by atoms with Gasteiger partial charge in [-0.05, 0) is 56.5 Å². The van der Waals surface area contributed by atoms with Gasteiger partial charge in [0.2, 0.25) is 0 Å². The minimum Gasteiger partial charge on any atom is -0.465 e. The zero-order valence-electron chi connectivity index (χ0n) is 19.1. The van der Waals surface area contributed by atoms with E-state index in [0.29, 0.717) is 28.9 Å². The van der Waals surface area contributed by atoms with Crippen molar-refractivity contribution in [1.29, 1.82) is 0 Å². The molecule has 0 saturated heterocycles. The van der Waals surface area contributed by atoms with Gasteiger partial charge in [0.15, 0.2) is 5.65 Å². The number of carbonyl (C=O) groups is 1. The number of rotatable bonds is 6. The molecule has 0 aliphatic carbocycles. The van der Waals surface area contributed by atoms with Gasteiger partial charge in [0, 0.05) is 11.8 Å². The van der Waals surface area contributed by atoms with Gasteiger partial charge in [-0.1, -0.05) is 42.0 Å². The molecule has 4 aromatic rings. The third-order valence-corrected chi connectivity index (χ3v) is 5.86. The van der Waals surface area contributed by atoms with Crippen LogP contribution in [0.3, 0.4) is 0 Å². The van der Waals surface area contributed by atoms with Crippen LogP contribution in [-0.2, 0) is 27.5 Å².